The van der Waals surface area contributed by atoms with Gasteiger partial charge < -0.3 is 20.9 Å². The number of aliphatic hydroxyl groups is 1. The van der Waals surface area contributed by atoms with Crippen molar-refractivity contribution in [3.8, 4) is 0 Å². The van der Waals surface area contributed by atoms with Crippen LogP contribution in [0.1, 0.15) is 18.4 Å². The molecule has 0 amide bonds. The van der Waals surface area contributed by atoms with Gasteiger partial charge >= 0.3 is 12.4 Å². The molecule has 5 N–H and O–H groups in total. The number of alkyl halides is 6. The highest BCUT2D eigenvalue weighted by Crippen LogP contribution is 2.49. The number of morpholine rings is 1. The molecule has 2 aromatic rings. The molecule has 4 rings (SSSR count). The molecule has 4 heterocycles. The molecular formula is C21H25F6N7O4S. The van der Waals surface area contributed by atoms with E-state index < -0.39 is 39.6 Å². The van der Waals surface area contributed by atoms with Gasteiger partial charge in [0.25, 0.3) is 5.60 Å². The zero-order valence-electron chi connectivity index (χ0n) is 20.1. The third-order valence-electron chi connectivity index (χ3n) is 6.64. The zero-order valence-corrected chi connectivity index (χ0v) is 20.9. The van der Waals surface area contributed by atoms with E-state index in [9.17, 15) is 39.9 Å². The van der Waals surface area contributed by atoms with Crippen molar-refractivity contribution in [2.75, 3.05) is 37.4 Å². The number of nitrogens with zero attached hydrogens (tertiary/aromatic N) is 4. The molecule has 3 atom stereocenters. The molecule has 0 radical (unpaired) electrons. The lowest BCUT2D eigenvalue weighted by molar-refractivity contribution is -0.376. The highest BCUT2D eigenvalue weighted by molar-refractivity contribution is 7.89. The summed E-state index contributed by atoms with van der Waals surface area (Å²) in [5.41, 5.74) is -1.30. The van der Waals surface area contributed by atoms with E-state index in [4.69, 9.17) is 10.5 Å². The molecule has 2 aliphatic heterocycles. The number of nitrogens with two attached hydrogens (primary N) is 1. The molecule has 0 aliphatic carbocycles. The molecule has 2 saturated heterocycles. The van der Waals surface area contributed by atoms with Crippen molar-refractivity contribution in [3.63, 3.8) is 0 Å². The second kappa shape index (κ2) is 10.6. The summed E-state index contributed by atoms with van der Waals surface area (Å²) in [6, 6.07) is 1.90. The smallest absolute Gasteiger partial charge is 0.384 e. The van der Waals surface area contributed by atoms with Crippen molar-refractivity contribution >= 4 is 21.8 Å². The summed E-state index contributed by atoms with van der Waals surface area (Å²) in [6.07, 6.45) is -8.98. The van der Waals surface area contributed by atoms with Crippen molar-refractivity contribution in [2.45, 2.75) is 53.8 Å². The van der Waals surface area contributed by atoms with Crippen LogP contribution < -0.4 is 15.8 Å². The number of rotatable bonds is 9. The lowest BCUT2D eigenvalue weighted by Crippen LogP contribution is -2.54. The first kappa shape index (κ1) is 29.2. The van der Waals surface area contributed by atoms with Crippen LogP contribution in [0, 0.1) is 0 Å². The third-order valence-corrected chi connectivity index (χ3v) is 8.04. The number of anilines is 2. The van der Waals surface area contributed by atoms with Gasteiger partial charge in [0, 0.05) is 49.3 Å². The minimum atomic E-state index is -6.09. The predicted octanol–water partition coefficient (Wildman–Crippen LogP) is 1.39. The first-order valence-electron chi connectivity index (χ1n) is 11.6. The molecular weight excluding hydrogens is 560 g/mol. The Balaban J connectivity index is 1.55. The Morgan fingerprint density at radius 2 is 1.62 bits per heavy atom. The molecule has 2 aromatic heterocycles. The SMILES string of the molecule is Nc1ccc(S(=O)(=O)NCC(CN2C3CCC2COC3)Nc2ncc(C(O)(C(F)(F)F)C(F)(F)F)cn2)cn1. The fourth-order valence-corrected chi connectivity index (χ4v) is 5.56. The maximum Gasteiger partial charge on any atom is 0.430 e. The van der Waals surface area contributed by atoms with Gasteiger partial charge in [-0.1, -0.05) is 0 Å². The second-order valence-electron chi connectivity index (χ2n) is 9.23. The number of nitrogen functional groups attached to an aromatic ring is 1. The number of sulfonamides is 1. The number of halogens is 6. The summed E-state index contributed by atoms with van der Waals surface area (Å²) < 4.78 is 113. The molecule has 0 saturated carbocycles. The number of ether oxygens (including phenoxy) is 1. The van der Waals surface area contributed by atoms with Crippen LogP contribution >= 0.6 is 0 Å². The Labute approximate surface area is 218 Å². The summed E-state index contributed by atoms with van der Waals surface area (Å²) in [6.45, 7) is 0.917. The van der Waals surface area contributed by atoms with E-state index in [2.05, 4.69) is 29.9 Å². The minimum absolute atomic E-state index is 0.0582. The molecule has 2 bridgehead atoms. The van der Waals surface area contributed by atoms with Gasteiger partial charge in [0.05, 0.1) is 19.3 Å². The van der Waals surface area contributed by atoms with Gasteiger partial charge in [-0.25, -0.2) is 28.1 Å². The summed E-state index contributed by atoms with van der Waals surface area (Å²) >= 11 is 0. The summed E-state index contributed by atoms with van der Waals surface area (Å²) in [5.74, 6) is -0.260. The molecule has 3 unspecified atom stereocenters. The van der Waals surface area contributed by atoms with E-state index in [-0.39, 0.29) is 54.2 Å². The van der Waals surface area contributed by atoms with Gasteiger partial charge in [-0.2, -0.15) is 26.3 Å². The van der Waals surface area contributed by atoms with Crippen LogP contribution in [0.4, 0.5) is 38.1 Å². The molecule has 2 aliphatic rings. The van der Waals surface area contributed by atoms with Crippen LogP contribution in [0.15, 0.2) is 35.6 Å². The van der Waals surface area contributed by atoms with E-state index >= 15 is 0 Å². The lowest BCUT2D eigenvalue weighted by atomic mass is 9.95. The van der Waals surface area contributed by atoms with Gasteiger partial charge in [0.1, 0.15) is 10.7 Å². The van der Waals surface area contributed by atoms with Crippen LogP contribution in [-0.4, -0.2) is 90.2 Å². The van der Waals surface area contributed by atoms with Gasteiger partial charge in [0.15, 0.2) is 0 Å². The van der Waals surface area contributed by atoms with Crippen LogP contribution in [0.2, 0.25) is 0 Å². The number of aromatic nitrogens is 3. The van der Waals surface area contributed by atoms with Crippen LogP contribution in [0.5, 0.6) is 0 Å². The average molecular weight is 586 g/mol. The largest absolute Gasteiger partial charge is 0.430 e. The maximum atomic E-state index is 13.2. The van der Waals surface area contributed by atoms with E-state index in [1.54, 1.807) is 0 Å². The van der Waals surface area contributed by atoms with E-state index in [0.29, 0.717) is 13.2 Å². The Hall–Kier alpha value is -2.80. The Morgan fingerprint density at radius 1 is 1.03 bits per heavy atom. The number of pyridine rings is 1. The van der Waals surface area contributed by atoms with Crippen LogP contribution in [0.25, 0.3) is 0 Å². The van der Waals surface area contributed by atoms with Crippen molar-refractivity contribution in [1.29, 1.82) is 0 Å². The molecule has 216 valence electrons. The van der Waals surface area contributed by atoms with Crippen molar-refractivity contribution in [3.05, 3.63) is 36.3 Å². The van der Waals surface area contributed by atoms with Crippen molar-refractivity contribution in [1.82, 2.24) is 24.6 Å². The van der Waals surface area contributed by atoms with Gasteiger partial charge in [-0.3, -0.25) is 4.90 Å². The summed E-state index contributed by atoms with van der Waals surface area (Å²) in [4.78, 5) is 12.8. The van der Waals surface area contributed by atoms with Gasteiger partial charge in [0.2, 0.25) is 16.0 Å². The maximum absolute atomic E-state index is 13.2. The predicted molar refractivity (Wildman–Crippen MR) is 124 cm³/mol. The Morgan fingerprint density at radius 3 is 2.13 bits per heavy atom. The topological polar surface area (TPSA) is 156 Å². The monoisotopic (exact) mass is 585 g/mol. The lowest BCUT2D eigenvalue weighted by Gasteiger charge is -2.37. The fraction of sp³-hybridized carbons (Fsp3) is 0.571. The quantitative estimate of drug-likeness (QED) is 0.317. The highest BCUT2D eigenvalue weighted by Gasteiger charge is 2.71. The van der Waals surface area contributed by atoms with E-state index in [0.717, 1.165) is 19.0 Å². The highest BCUT2D eigenvalue weighted by atomic mass is 32.2. The van der Waals surface area contributed by atoms with Gasteiger partial charge in [-0.15, -0.1) is 0 Å². The molecule has 18 heteroatoms. The normalized spacial score (nSPS) is 21.6. The first-order chi connectivity index (χ1) is 18.1. The Bertz CT molecular complexity index is 1220. The fourth-order valence-electron chi connectivity index (χ4n) is 4.53. The molecule has 0 spiro atoms. The second-order valence-corrected chi connectivity index (χ2v) is 11.0. The molecule has 39 heavy (non-hydrogen) atoms. The molecule has 11 nitrogen and oxygen atoms in total. The third kappa shape index (κ3) is 6.03. The van der Waals surface area contributed by atoms with Gasteiger partial charge in [-0.05, 0) is 25.0 Å². The van der Waals surface area contributed by atoms with Crippen LogP contribution in [0.3, 0.4) is 0 Å². The molecule has 2 fully saturated rings. The number of nitrogens with one attached hydrogen (secondary N) is 2. The zero-order chi connectivity index (χ0) is 28.6. The standard InChI is InChI=1S/C21H25F6N7O4S/c22-20(23,24)19(35,21(25,26)27)12-5-30-18(31-6-12)33-13(9-34-14-1-2-15(34)11-38-10-14)7-32-39(36,37)16-3-4-17(28)29-8-16/h3-6,8,13-15,32,35H,1-2,7,9-11H2,(H2,28,29)(H,30,31,33). The Kier molecular flexibility index (Phi) is 7.96. The summed E-state index contributed by atoms with van der Waals surface area (Å²) in [5, 5.41) is 12.3. The number of fused-ring (bicyclic) bond motifs is 2. The van der Waals surface area contributed by atoms with Crippen molar-refractivity contribution < 1.29 is 44.6 Å². The average Bonchev–Trinajstić information content (AvgIpc) is 3.06. The first-order valence-corrected chi connectivity index (χ1v) is 13.1. The van der Waals surface area contributed by atoms with E-state index in [1.807, 2.05) is 0 Å². The summed E-state index contributed by atoms with van der Waals surface area (Å²) in [7, 11) is -4.05. The van der Waals surface area contributed by atoms with Crippen molar-refractivity contribution in [2.24, 2.45) is 0 Å². The molecule has 0 aromatic carbocycles. The number of hydrogen-bond donors (Lipinski definition) is 4. The minimum Gasteiger partial charge on any atom is -0.384 e. The number of hydrogen-bond acceptors (Lipinski definition) is 10. The van der Waals surface area contributed by atoms with E-state index in [1.165, 1.54) is 12.1 Å². The van der Waals surface area contributed by atoms with Crippen LogP contribution in [-0.2, 0) is 20.4 Å².